The second kappa shape index (κ2) is 8.20. The summed E-state index contributed by atoms with van der Waals surface area (Å²) in [6.07, 6.45) is 9.17. The molecule has 0 spiro atoms. The second-order valence-corrected chi connectivity index (χ2v) is 6.56. The highest BCUT2D eigenvalue weighted by Crippen LogP contribution is 2.31. The second-order valence-electron chi connectivity index (χ2n) is 6.56. The maximum atomic E-state index is 11.1. The summed E-state index contributed by atoms with van der Waals surface area (Å²) in [6.45, 7) is 6.98. The van der Waals surface area contributed by atoms with Crippen LogP contribution in [0.1, 0.15) is 56.2 Å². The zero-order valence-corrected chi connectivity index (χ0v) is 15.0. The lowest BCUT2D eigenvalue weighted by Crippen LogP contribution is -2.25. The Balaban J connectivity index is 1.68. The van der Waals surface area contributed by atoms with Crippen molar-refractivity contribution in [3.63, 3.8) is 0 Å². The number of nitrogens with one attached hydrogen (secondary N) is 1. The number of aromatic nitrogens is 4. The van der Waals surface area contributed by atoms with Gasteiger partial charge in [-0.15, -0.1) is 0 Å². The molecule has 1 atom stereocenters. The Hall–Kier alpha value is -2.28. The third-order valence-electron chi connectivity index (χ3n) is 4.44. The maximum Gasteiger partial charge on any atom is 0.217 e. The van der Waals surface area contributed by atoms with E-state index >= 15 is 0 Å². The molecule has 3 heterocycles. The molecule has 1 saturated heterocycles. The predicted octanol–water partition coefficient (Wildman–Crippen LogP) is 2.06. The molecule has 1 aliphatic rings. The van der Waals surface area contributed by atoms with E-state index in [2.05, 4.69) is 38.4 Å². The Morgan fingerprint density at radius 2 is 2.32 bits per heavy atom. The number of nitrogens with zero attached hydrogens (tertiary/aromatic N) is 5. The van der Waals surface area contributed by atoms with Crippen LogP contribution in [-0.2, 0) is 24.4 Å². The van der Waals surface area contributed by atoms with Gasteiger partial charge in [-0.3, -0.25) is 14.4 Å². The molecular weight excluding hydrogens is 316 g/mol. The lowest BCUT2D eigenvalue weighted by molar-refractivity contribution is -0.119. The van der Waals surface area contributed by atoms with Gasteiger partial charge in [0.25, 0.3) is 0 Å². The van der Waals surface area contributed by atoms with E-state index in [0.29, 0.717) is 6.54 Å². The lowest BCUT2D eigenvalue weighted by Gasteiger charge is -2.22. The third kappa shape index (κ3) is 4.63. The molecule has 7 nitrogen and oxygen atoms in total. The Morgan fingerprint density at radius 3 is 3.12 bits per heavy atom. The average molecular weight is 342 g/mol. The van der Waals surface area contributed by atoms with E-state index in [0.717, 1.165) is 50.4 Å². The Bertz CT molecular complexity index is 713. The van der Waals surface area contributed by atoms with Crippen molar-refractivity contribution in [3.8, 4) is 0 Å². The van der Waals surface area contributed by atoms with E-state index in [1.807, 2.05) is 16.9 Å². The van der Waals surface area contributed by atoms with Gasteiger partial charge in [-0.05, 0) is 31.9 Å². The number of carbonyl (C=O) groups excluding carboxylic acids is 1. The quantitative estimate of drug-likeness (QED) is 0.833. The summed E-state index contributed by atoms with van der Waals surface area (Å²) in [4.78, 5) is 22.7. The summed E-state index contributed by atoms with van der Waals surface area (Å²) < 4.78 is 2.00. The SMILES string of the molecule is CCCn1cc(CN2CCC[C@@H]2c2nccc(CNC(C)=O)n2)cn1. The van der Waals surface area contributed by atoms with Gasteiger partial charge in [0, 0.05) is 38.0 Å². The first-order valence-electron chi connectivity index (χ1n) is 8.97. The predicted molar refractivity (Wildman–Crippen MR) is 94.5 cm³/mol. The largest absolute Gasteiger partial charge is 0.351 e. The highest BCUT2D eigenvalue weighted by Gasteiger charge is 2.28. The van der Waals surface area contributed by atoms with Gasteiger partial charge in [0.1, 0.15) is 5.82 Å². The van der Waals surface area contributed by atoms with Crippen molar-refractivity contribution in [1.29, 1.82) is 0 Å². The fourth-order valence-electron chi connectivity index (χ4n) is 3.27. The van der Waals surface area contributed by atoms with Gasteiger partial charge in [0.05, 0.1) is 24.5 Å². The molecule has 0 radical (unpaired) electrons. The molecule has 0 bridgehead atoms. The third-order valence-corrected chi connectivity index (χ3v) is 4.44. The summed E-state index contributed by atoms with van der Waals surface area (Å²) in [5, 5.41) is 7.21. The summed E-state index contributed by atoms with van der Waals surface area (Å²) >= 11 is 0. The molecule has 7 heteroatoms. The van der Waals surface area contributed by atoms with Crippen molar-refractivity contribution in [2.75, 3.05) is 6.54 Å². The number of hydrogen-bond acceptors (Lipinski definition) is 5. The van der Waals surface area contributed by atoms with Crippen LogP contribution in [0.2, 0.25) is 0 Å². The molecule has 1 amide bonds. The van der Waals surface area contributed by atoms with Gasteiger partial charge in [0.2, 0.25) is 5.91 Å². The molecule has 0 aliphatic carbocycles. The summed E-state index contributed by atoms with van der Waals surface area (Å²) in [5.41, 5.74) is 2.08. The fourth-order valence-corrected chi connectivity index (χ4v) is 3.27. The number of aryl methyl sites for hydroxylation is 1. The van der Waals surface area contributed by atoms with Crippen molar-refractivity contribution in [3.05, 3.63) is 41.7 Å². The summed E-state index contributed by atoms with van der Waals surface area (Å²) in [6, 6.07) is 2.08. The van der Waals surface area contributed by atoms with Crippen LogP contribution in [0, 0.1) is 0 Å². The topological polar surface area (TPSA) is 75.9 Å². The number of rotatable bonds is 7. The lowest BCUT2D eigenvalue weighted by atomic mass is 10.2. The number of hydrogen-bond donors (Lipinski definition) is 1. The minimum absolute atomic E-state index is 0.0493. The summed E-state index contributed by atoms with van der Waals surface area (Å²) in [7, 11) is 0. The first-order valence-corrected chi connectivity index (χ1v) is 8.97. The zero-order chi connectivity index (χ0) is 17.6. The molecule has 1 N–H and O–H groups in total. The molecule has 1 fully saturated rings. The zero-order valence-electron chi connectivity index (χ0n) is 15.0. The molecule has 0 aromatic carbocycles. The summed E-state index contributed by atoms with van der Waals surface area (Å²) in [5.74, 6) is 0.799. The van der Waals surface area contributed by atoms with E-state index in [9.17, 15) is 4.79 Å². The Labute approximate surface area is 148 Å². The molecule has 2 aromatic rings. The first-order chi connectivity index (χ1) is 12.2. The molecule has 0 saturated carbocycles. The smallest absolute Gasteiger partial charge is 0.217 e. The average Bonchev–Trinajstić information content (AvgIpc) is 3.24. The van der Waals surface area contributed by atoms with Crippen LogP contribution in [0.4, 0.5) is 0 Å². The highest BCUT2D eigenvalue weighted by atomic mass is 16.1. The van der Waals surface area contributed by atoms with Gasteiger partial charge in [-0.2, -0.15) is 5.10 Å². The van der Waals surface area contributed by atoms with Gasteiger partial charge in [0.15, 0.2) is 0 Å². The van der Waals surface area contributed by atoms with Crippen LogP contribution in [0.25, 0.3) is 0 Å². The van der Waals surface area contributed by atoms with E-state index in [-0.39, 0.29) is 11.9 Å². The van der Waals surface area contributed by atoms with Crippen LogP contribution in [0.5, 0.6) is 0 Å². The monoisotopic (exact) mass is 342 g/mol. The van der Waals surface area contributed by atoms with Gasteiger partial charge < -0.3 is 5.32 Å². The minimum atomic E-state index is -0.0493. The fraction of sp³-hybridized carbons (Fsp3) is 0.556. The molecule has 134 valence electrons. The number of amides is 1. The van der Waals surface area contributed by atoms with E-state index in [1.54, 1.807) is 6.20 Å². The van der Waals surface area contributed by atoms with Crippen LogP contribution in [-0.4, -0.2) is 37.1 Å². The Morgan fingerprint density at radius 1 is 1.44 bits per heavy atom. The highest BCUT2D eigenvalue weighted by molar-refractivity contribution is 5.72. The van der Waals surface area contributed by atoms with Gasteiger partial charge in [-0.25, -0.2) is 9.97 Å². The van der Waals surface area contributed by atoms with Crippen molar-refractivity contribution in [2.45, 2.75) is 58.8 Å². The van der Waals surface area contributed by atoms with Crippen molar-refractivity contribution in [1.82, 2.24) is 30.0 Å². The van der Waals surface area contributed by atoms with E-state index < -0.39 is 0 Å². The maximum absolute atomic E-state index is 11.1. The van der Waals surface area contributed by atoms with E-state index in [1.165, 1.54) is 12.5 Å². The van der Waals surface area contributed by atoms with Crippen LogP contribution in [0.3, 0.4) is 0 Å². The van der Waals surface area contributed by atoms with Gasteiger partial charge >= 0.3 is 0 Å². The molecule has 2 aromatic heterocycles. The van der Waals surface area contributed by atoms with Crippen molar-refractivity contribution < 1.29 is 4.79 Å². The first kappa shape index (κ1) is 17.5. The molecular formula is C18H26N6O. The van der Waals surface area contributed by atoms with Crippen molar-refractivity contribution >= 4 is 5.91 Å². The molecule has 1 aliphatic heterocycles. The van der Waals surface area contributed by atoms with Crippen LogP contribution in [0.15, 0.2) is 24.7 Å². The van der Waals surface area contributed by atoms with E-state index in [4.69, 9.17) is 0 Å². The molecule has 0 unspecified atom stereocenters. The minimum Gasteiger partial charge on any atom is -0.351 e. The Kier molecular flexibility index (Phi) is 5.75. The molecule has 25 heavy (non-hydrogen) atoms. The standard InChI is InChI=1S/C18H26N6O/c1-3-8-24-13-15(10-21-24)12-23-9-4-5-17(23)18-19-7-6-16(22-18)11-20-14(2)25/h6-7,10,13,17H,3-5,8-9,11-12H2,1-2H3,(H,20,25)/t17-/m1/s1. The van der Waals surface area contributed by atoms with Gasteiger partial charge in [-0.1, -0.05) is 6.92 Å². The molecule has 3 rings (SSSR count). The number of carbonyl (C=O) groups is 1. The normalized spacial score (nSPS) is 17.8. The number of likely N-dealkylation sites (tertiary alicyclic amines) is 1. The van der Waals surface area contributed by atoms with Crippen LogP contribution >= 0.6 is 0 Å². The van der Waals surface area contributed by atoms with Crippen molar-refractivity contribution in [2.24, 2.45) is 0 Å². The van der Waals surface area contributed by atoms with Crippen LogP contribution < -0.4 is 5.32 Å².